The summed E-state index contributed by atoms with van der Waals surface area (Å²) in [7, 11) is 0. The molecule has 0 spiro atoms. The molecule has 24 heavy (non-hydrogen) atoms. The molecule has 0 aliphatic carbocycles. The van der Waals surface area contributed by atoms with E-state index in [2.05, 4.69) is 11.4 Å². The maximum Gasteiger partial charge on any atom is 0.251 e. The second-order valence-corrected chi connectivity index (χ2v) is 7.24. The van der Waals surface area contributed by atoms with E-state index in [4.69, 9.17) is 4.74 Å². The van der Waals surface area contributed by atoms with Gasteiger partial charge in [0.25, 0.3) is 5.56 Å². The molecule has 2 aliphatic rings. The van der Waals surface area contributed by atoms with Crippen LogP contribution >= 0.6 is 0 Å². The van der Waals surface area contributed by atoms with Crippen LogP contribution in [0.25, 0.3) is 11.1 Å². The Labute approximate surface area is 142 Å². The molecule has 126 valence electrons. The van der Waals surface area contributed by atoms with Crippen LogP contribution in [0, 0.1) is 5.92 Å². The number of benzene rings is 1. The summed E-state index contributed by atoms with van der Waals surface area (Å²) in [5.41, 5.74) is 3.24. The van der Waals surface area contributed by atoms with Crippen LogP contribution in [0.1, 0.15) is 31.9 Å². The molecule has 2 aliphatic heterocycles. The fourth-order valence-corrected chi connectivity index (χ4v) is 4.02. The van der Waals surface area contributed by atoms with Gasteiger partial charge >= 0.3 is 0 Å². The van der Waals surface area contributed by atoms with Crippen molar-refractivity contribution in [2.24, 2.45) is 5.92 Å². The van der Waals surface area contributed by atoms with Crippen LogP contribution < -0.4 is 15.6 Å². The lowest BCUT2D eigenvalue weighted by Gasteiger charge is -2.37. The molecule has 1 N–H and O–H groups in total. The molecule has 4 rings (SSSR count). The molecule has 1 aromatic carbocycles. The third kappa shape index (κ3) is 2.75. The zero-order valence-corrected chi connectivity index (χ0v) is 14.3. The zero-order valence-electron chi connectivity index (χ0n) is 14.3. The molecule has 4 heteroatoms. The van der Waals surface area contributed by atoms with Gasteiger partial charge in [0.15, 0.2) is 0 Å². The van der Waals surface area contributed by atoms with Gasteiger partial charge in [0.05, 0.1) is 6.10 Å². The fourth-order valence-electron chi connectivity index (χ4n) is 4.02. The molecule has 3 heterocycles. The highest BCUT2D eigenvalue weighted by molar-refractivity contribution is 5.70. The second-order valence-electron chi connectivity index (χ2n) is 7.24. The van der Waals surface area contributed by atoms with Crippen LogP contribution in [-0.2, 0) is 6.54 Å². The van der Waals surface area contributed by atoms with E-state index in [1.165, 1.54) is 12.1 Å². The molecule has 1 aromatic heterocycles. The van der Waals surface area contributed by atoms with Crippen molar-refractivity contribution in [3.63, 3.8) is 0 Å². The van der Waals surface area contributed by atoms with Gasteiger partial charge in [-0.2, -0.15) is 0 Å². The number of nitrogens with zero attached hydrogens (tertiary/aromatic N) is 1. The van der Waals surface area contributed by atoms with Crippen molar-refractivity contribution < 1.29 is 4.74 Å². The van der Waals surface area contributed by atoms with Gasteiger partial charge in [-0.3, -0.25) is 4.79 Å². The van der Waals surface area contributed by atoms with Crippen molar-refractivity contribution >= 4 is 0 Å². The first-order valence-electron chi connectivity index (χ1n) is 8.83. The van der Waals surface area contributed by atoms with Crippen LogP contribution in [-0.4, -0.2) is 23.8 Å². The third-order valence-corrected chi connectivity index (χ3v) is 5.02. The van der Waals surface area contributed by atoms with E-state index in [-0.39, 0.29) is 11.7 Å². The molecule has 1 saturated heterocycles. The van der Waals surface area contributed by atoms with Gasteiger partial charge in [-0.15, -0.1) is 0 Å². The summed E-state index contributed by atoms with van der Waals surface area (Å²) >= 11 is 0. The van der Waals surface area contributed by atoms with Crippen molar-refractivity contribution in [2.75, 3.05) is 13.1 Å². The Bertz CT molecular complexity index is 810. The maximum absolute atomic E-state index is 12.7. The summed E-state index contributed by atoms with van der Waals surface area (Å²) in [5, 5.41) is 3.50. The largest absolute Gasteiger partial charge is 0.490 e. The fraction of sp³-hybridized carbons (Fsp3) is 0.450. The van der Waals surface area contributed by atoms with Crippen LogP contribution in [0.5, 0.6) is 5.75 Å². The number of aromatic nitrogens is 1. The number of rotatable bonds is 3. The normalized spacial score (nSPS) is 22.3. The van der Waals surface area contributed by atoms with Crippen LogP contribution in [0.2, 0.25) is 0 Å². The Hall–Kier alpha value is -2.07. The Morgan fingerprint density at radius 3 is 2.88 bits per heavy atom. The van der Waals surface area contributed by atoms with Crippen molar-refractivity contribution in [2.45, 2.75) is 38.8 Å². The lowest BCUT2D eigenvalue weighted by atomic mass is 9.83. The van der Waals surface area contributed by atoms with Crippen molar-refractivity contribution in [1.82, 2.24) is 9.88 Å². The highest BCUT2D eigenvalue weighted by Crippen LogP contribution is 2.36. The van der Waals surface area contributed by atoms with Crippen LogP contribution in [0.4, 0.5) is 0 Å². The van der Waals surface area contributed by atoms with Crippen molar-refractivity contribution in [3.05, 3.63) is 52.4 Å². The minimum absolute atomic E-state index is 0.105. The molecular formula is C20H24N2O2. The van der Waals surface area contributed by atoms with E-state index in [1.807, 2.05) is 42.7 Å². The second kappa shape index (κ2) is 6.10. The first-order chi connectivity index (χ1) is 11.6. The number of nitrogens with one attached hydrogen (secondary N) is 1. The number of para-hydroxylation sites is 1. The number of hydrogen-bond acceptors (Lipinski definition) is 3. The maximum atomic E-state index is 12.7. The molecule has 1 fully saturated rings. The van der Waals surface area contributed by atoms with E-state index >= 15 is 0 Å². The SMILES string of the molecule is CC(C)Oc1ccccc1-c1cc2n(c(=O)c1)C[C@@H]1CNC[C@H]2C1. The molecule has 4 nitrogen and oxygen atoms in total. The Kier molecular flexibility index (Phi) is 3.93. The van der Waals surface area contributed by atoms with E-state index in [9.17, 15) is 4.79 Å². The van der Waals surface area contributed by atoms with Crippen molar-refractivity contribution in [3.8, 4) is 16.9 Å². The lowest BCUT2D eigenvalue weighted by molar-refractivity contribution is 0.243. The van der Waals surface area contributed by atoms with Gasteiger partial charge in [0.2, 0.25) is 0 Å². The third-order valence-electron chi connectivity index (χ3n) is 5.02. The first kappa shape index (κ1) is 15.5. The monoisotopic (exact) mass is 324 g/mol. The van der Waals surface area contributed by atoms with Gasteiger partial charge in [0, 0.05) is 36.3 Å². The number of pyridine rings is 1. The van der Waals surface area contributed by atoms with E-state index in [1.54, 1.807) is 6.07 Å². The summed E-state index contributed by atoms with van der Waals surface area (Å²) in [6.07, 6.45) is 1.29. The Morgan fingerprint density at radius 1 is 1.21 bits per heavy atom. The number of fused-ring (bicyclic) bond motifs is 4. The van der Waals surface area contributed by atoms with Crippen LogP contribution in [0.3, 0.4) is 0 Å². The topological polar surface area (TPSA) is 43.3 Å². The van der Waals surface area contributed by atoms with Gasteiger partial charge in [0.1, 0.15) is 5.75 Å². The van der Waals surface area contributed by atoms with Gasteiger partial charge in [-0.25, -0.2) is 0 Å². The molecule has 0 radical (unpaired) electrons. The number of ether oxygens (including phenoxy) is 1. The average Bonchev–Trinajstić information content (AvgIpc) is 2.56. The smallest absolute Gasteiger partial charge is 0.251 e. The predicted octanol–water partition coefficient (Wildman–Crippen LogP) is 3.01. The Balaban J connectivity index is 1.81. The molecule has 2 aromatic rings. The average molecular weight is 324 g/mol. The van der Waals surface area contributed by atoms with E-state index < -0.39 is 0 Å². The zero-order chi connectivity index (χ0) is 16.7. The van der Waals surface area contributed by atoms with Gasteiger partial charge in [-0.05, 0) is 50.4 Å². The summed E-state index contributed by atoms with van der Waals surface area (Å²) in [6, 6.07) is 11.9. The summed E-state index contributed by atoms with van der Waals surface area (Å²) in [6.45, 7) is 6.86. The molecule has 0 amide bonds. The van der Waals surface area contributed by atoms with Crippen LogP contribution in [0.15, 0.2) is 41.2 Å². The van der Waals surface area contributed by atoms with E-state index in [0.717, 1.165) is 36.5 Å². The first-order valence-corrected chi connectivity index (χ1v) is 8.83. The molecule has 2 bridgehead atoms. The van der Waals surface area contributed by atoms with Gasteiger partial charge < -0.3 is 14.6 Å². The molecule has 2 atom stereocenters. The molecular weight excluding hydrogens is 300 g/mol. The number of hydrogen-bond donors (Lipinski definition) is 1. The minimum atomic E-state index is 0.105. The summed E-state index contributed by atoms with van der Waals surface area (Å²) in [5.74, 6) is 1.85. The minimum Gasteiger partial charge on any atom is -0.490 e. The number of piperidine rings is 1. The molecule has 0 saturated carbocycles. The summed E-state index contributed by atoms with van der Waals surface area (Å²) in [4.78, 5) is 12.7. The summed E-state index contributed by atoms with van der Waals surface area (Å²) < 4.78 is 7.93. The highest BCUT2D eigenvalue weighted by atomic mass is 16.5. The Morgan fingerprint density at radius 2 is 2.04 bits per heavy atom. The predicted molar refractivity (Wildman–Crippen MR) is 95.6 cm³/mol. The lowest BCUT2D eigenvalue weighted by Crippen LogP contribution is -2.44. The van der Waals surface area contributed by atoms with E-state index in [0.29, 0.717) is 11.8 Å². The highest BCUT2D eigenvalue weighted by Gasteiger charge is 2.31. The molecule has 0 unspecified atom stereocenters. The van der Waals surface area contributed by atoms with Crippen molar-refractivity contribution in [1.29, 1.82) is 0 Å². The standard InChI is InChI=1S/C20H24N2O2/c1-13(2)24-19-6-4-3-5-17(19)15-8-18-16-7-14(10-21-11-16)12-22(18)20(23)9-15/h3-6,8-9,13-14,16,21H,7,10-12H2,1-2H3/t14-,16+/m0/s1. The quantitative estimate of drug-likeness (QED) is 0.944. The van der Waals surface area contributed by atoms with Gasteiger partial charge in [-0.1, -0.05) is 18.2 Å².